The number of rotatable bonds is 1. The number of benzene rings is 1. The van der Waals surface area contributed by atoms with Gasteiger partial charge in [0.2, 0.25) is 0 Å². The second kappa shape index (κ2) is 7.23. The molecule has 0 aromatic heterocycles. The zero-order valence-electron chi connectivity index (χ0n) is 9.09. The molecule has 0 radical (unpaired) electrons. The van der Waals surface area contributed by atoms with Gasteiger partial charge in [-0.25, -0.2) is 0 Å². The van der Waals surface area contributed by atoms with Gasteiger partial charge in [0.1, 0.15) is 5.75 Å². The molecule has 1 aliphatic heterocycles. The number of hydrogen-bond acceptors (Lipinski definition) is 2. The molecule has 0 saturated carbocycles. The molecule has 0 fully saturated rings. The summed E-state index contributed by atoms with van der Waals surface area (Å²) in [5.41, 5.74) is 2.59. The average molecular weight is 285 g/mol. The van der Waals surface area contributed by atoms with E-state index in [1.54, 1.807) is 7.11 Å². The summed E-state index contributed by atoms with van der Waals surface area (Å²) in [5, 5.41) is 4.15. The first kappa shape index (κ1) is 15.9. The topological polar surface area (TPSA) is 21.3 Å². The average Bonchev–Trinajstić information content (AvgIpc) is 2.44. The minimum Gasteiger partial charge on any atom is -0.495 e. The summed E-state index contributed by atoms with van der Waals surface area (Å²) in [4.78, 5) is 0. The van der Waals surface area contributed by atoms with E-state index in [2.05, 4.69) is 11.4 Å². The number of halogens is 3. The zero-order valence-corrected chi connectivity index (χ0v) is 11.5. The normalized spacial score (nSPS) is 13.9. The summed E-state index contributed by atoms with van der Waals surface area (Å²) in [7, 11) is 1.66. The van der Waals surface area contributed by atoms with Crippen LogP contribution >= 0.6 is 36.4 Å². The Balaban J connectivity index is 0.00000112. The van der Waals surface area contributed by atoms with Crippen LogP contribution in [0.4, 0.5) is 0 Å². The van der Waals surface area contributed by atoms with Gasteiger partial charge in [-0.15, -0.1) is 24.8 Å². The number of ether oxygens (including phenoxy) is 1. The third-order valence-corrected chi connectivity index (χ3v) is 3.06. The van der Waals surface area contributed by atoms with Crippen molar-refractivity contribution in [1.82, 2.24) is 5.32 Å². The molecule has 2 rings (SSSR count). The zero-order chi connectivity index (χ0) is 9.97. The molecule has 0 saturated heterocycles. The van der Waals surface area contributed by atoms with Gasteiger partial charge in [-0.05, 0) is 43.1 Å². The fourth-order valence-electron chi connectivity index (χ4n) is 1.86. The third kappa shape index (κ3) is 3.17. The van der Waals surface area contributed by atoms with Crippen LogP contribution in [-0.2, 0) is 12.8 Å². The Morgan fingerprint density at radius 2 is 1.88 bits per heavy atom. The van der Waals surface area contributed by atoms with Gasteiger partial charge in [0.25, 0.3) is 0 Å². The van der Waals surface area contributed by atoms with Gasteiger partial charge < -0.3 is 10.1 Å². The maximum atomic E-state index is 6.25. The summed E-state index contributed by atoms with van der Waals surface area (Å²) in [6, 6.07) is 4.07. The smallest absolute Gasteiger partial charge is 0.137 e. The van der Waals surface area contributed by atoms with Gasteiger partial charge in [0.05, 0.1) is 12.1 Å². The Morgan fingerprint density at radius 3 is 2.56 bits per heavy atom. The Labute approximate surface area is 114 Å². The summed E-state index contributed by atoms with van der Waals surface area (Å²) < 4.78 is 5.20. The number of hydrogen-bond donors (Lipinski definition) is 1. The molecule has 0 amide bonds. The molecule has 5 heteroatoms. The van der Waals surface area contributed by atoms with Crippen molar-refractivity contribution in [3.63, 3.8) is 0 Å². The first-order valence-corrected chi connectivity index (χ1v) is 5.25. The van der Waals surface area contributed by atoms with Crippen LogP contribution in [0.25, 0.3) is 0 Å². The largest absolute Gasteiger partial charge is 0.495 e. The maximum Gasteiger partial charge on any atom is 0.137 e. The highest BCUT2D eigenvalue weighted by Crippen LogP contribution is 2.31. The lowest BCUT2D eigenvalue weighted by Gasteiger charge is -2.10. The van der Waals surface area contributed by atoms with Crippen molar-refractivity contribution < 1.29 is 4.74 Å². The van der Waals surface area contributed by atoms with Crippen LogP contribution in [0.5, 0.6) is 5.75 Å². The van der Waals surface area contributed by atoms with Crippen LogP contribution in [-0.4, -0.2) is 20.2 Å². The third-order valence-electron chi connectivity index (χ3n) is 2.65. The van der Waals surface area contributed by atoms with Crippen LogP contribution in [0.2, 0.25) is 5.02 Å². The molecule has 92 valence electrons. The molecule has 0 bridgehead atoms. The van der Waals surface area contributed by atoms with Gasteiger partial charge in [-0.1, -0.05) is 17.7 Å². The molecule has 1 aromatic rings. The van der Waals surface area contributed by atoms with Gasteiger partial charge in [0, 0.05) is 0 Å². The van der Waals surface area contributed by atoms with Crippen molar-refractivity contribution in [2.24, 2.45) is 0 Å². The molecule has 0 aliphatic carbocycles. The Hall–Kier alpha value is -0.150. The van der Waals surface area contributed by atoms with Crippen LogP contribution in [0.1, 0.15) is 11.1 Å². The fraction of sp³-hybridized carbons (Fsp3) is 0.455. The van der Waals surface area contributed by atoms with Crippen molar-refractivity contribution in [2.75, 3.05) is 20.2 Å². The summed E-state index contributed by atoms with van der Waals surface area (Å²) >= 11 is 6.25. The highest BCUT2D eigenvalue weighted by atomic mass is 35.5. The molecule has 1 N–H and O–H groups in total. The van der Waals surface area contributed by atoms with E-state index in [-0.39, 0.29) is 24.8 Å². The van der Waals surface area contributed by atoms with Crippen molar-refractivity contribution in [3.05, 3.63) is 28.3 Å². The molecule has 2 nitrogen and oxygen atoms in total. The van der Waals surface area contributed by atoms with Crippen LogP contribution < -0.4 is 10.1 Å². The van der Waals surface area contributed by atoms with Crippen LogP contribution in [0.15, 0.2) is 12.1 Å². The first-order valence-electron chi connectivity index (χ1n) is 4.88. The van der Waals surface area contributed by atoms with E-state index in [0.29, 0.717) is 0 Å². The molecule has 0 atom stereocenters. The minimum atomic E-state index is 0. The molecule has 1 aromatic carbocycles. The van der Waals surface area contributed by atoms with E-state index in [4.69, 9.17) is 16.3 Å². The SMILES string of the molecule is COc1ccc2c(c1Cl)CCNCC2.Cl.Cl. The first-order chi connectivity index (χ1) is 6.83. The van der Waals surface area contributed by atoms with E-state index in [0.717, 1.165) is 36.7 Å². The second-order valence-corrected chi connectivity index (χ2v) is 3.85. The number of methoxy groups -OCH3 is 1. The van der Waals surface area contributed by atoms with E-state index in [9.17, 15) is 0 Å². The Kier molecular flexibility index (Phi) is 7.16. The van der Waals surface area contributed by atoms with E-state index in [1.807, 2.05) is 6.07 Å². The summed E-state index contributed by atoms with van der Waals surface area (Å²) in [6.45, 7) is 2.04. The molecule has 1 heterocycles. The predicted octanol–water partition coefficient (Wildman–Crippen LogP) is 2.88. The lowest BCUT2D eigenvalue weighted by molar-refractivity contribution is 0.414. The lowest BCUT2D eigenvalue weighted by Crippen LogP contribution is -2.16. The van der Waals surface area contributed by atoms with E-state index < -0.39 is 0 Å². The van der Waals surface area contributed by atoms with Crippen molar-refractivity contribution in [3.8, 4) is 5.75 Å². The maximum absolute atomic E-state index is 6.25. The van der Waals surface area contributed by atoms with E-state index in [1.165, 1.54) is 11.1 Å². The molecular weight excluding hydrogens is 268 g/mol. The molecule has 1 aliphatic rings. The van der Waals surface area contributed by atoms with Gasteiger partial charge >= 0.3 is 0 Å². The van der Waals surface area contributed by atoms with Crippen LogP contribution in [0, 0.1) is 0 Å². The monoisotopic (exact) mass is 283 g/mol. The lowest BCUT2D eigenvalue weighted by atomic mass is 10.0. The second-order valence-electron chi connectivity index (χ2n) is 3.47. The molecule has 16 heavy (non-hydrogen) atoms. The Morgan fingerprint density at radius 1 is 1.19 bits per heavy atom. The van der Waals surface area contributed by atoms with Gasteiger partial charge in [0.15, 0.2) is 0 Å². The molecule has 0 spiro atoms. The van der Waals surface area contributed by atoms with Gasteiger partial charge in [-0.3, -0.25) is 0 Å². The van der Waals surface area contributed by atoms with Crippen LogP contribution in [0.3, 0.4) is 0 Å². The number of fused-ring (bicyclic) bond motifs is 1. The summed E-state index contributed by atoms with van der Waals surface area (Å²) in [5.74, 6) is 0.785. The summed E-state index contributed by atoms with van der Waals surface area (Å²) in [6.07, 6.45) is 2.05. The molecule has 0 unspecified atom stereocenters. The van der Waals surface area contributed by atoms with E-state index >= 15 is 0 Å². The van der Waals surface area contributed by atoms with Crippen molar-refractivity contribution >= 4 is 36.4 Å². The molecular formula is C11H16Cl3NO. The quantitative estimate of drug-likeness (QED) is 0.856. The van der Waals surface area contributed by atoms with Crippen molar-refractivity contribution in [1.29, 1.82) is 0 Å². The highest BCUT2D eigenvalue weighted by molar-refractivity contribution is 6.33. The highest BCUT2D eigenvalue weighted by Gasteiger charge is 2.13. The predicted molar refractivity (Wildman–Crippen MR) is 72.8 cm³/mol. The van der Waals surface area contributed by atoms with Crippen molar-refractivity contribution in [2.45, 2.75) is 12.8 Å². The fourth-order valence-corrected chi connectivity index (χ4v) is 2.22. The minimum absolute atomic E-state index is 0. The Bertz CT molecular complexity index is 344. The number of nitrogens with one attached hydrogen (secondary N) is 1. The standard InChI is InChI=1S/C11H14ClNO.2ClH/c1-14-10-3-2-8-4-6-13-7-5-9(8)11(10)12;;/h2-3,13H,4-7H2,1H3;2*1H. The van der Waals surface area contributed by atoms with Gasteiger partial charge in [-0.2, -0.15) is 0 Å².